The number of hydrogen-bond donors (Lipinski definition) is 1. The molecule has 0 saturated heterocycles. The van der Waals surface area contributed by atoms with Gasteiger partial charge in [0.25, 0.3) is 0 Å². The van der Waals surface area contributed by atoms with Gasteiger partial charge in [-0.25, -0.2) is 13.4 Å². The molecule has 4 aromatic rings. The minimum atomic E-state index is -4.10. The lowest BCUT2D eigenvalue weighted by molar-refractivity contribution is -0.121. The van der Waals surface area contributed by atoms with Crippen molar-refractivity contribution in [1.82, 2.24) is 14.9 Å². The molecule has 0 aliphatic rings. The number of carbonyl (C=O) groups excluding carboxylic acids is 1. The van der Waals surface area contributed by atoms with Crippen LogP contribution in [-0.4, -0.2) is 31.0 Å². The number of aromatic nitrogens is 2. The van der Waals surface area contributed by atoms with Crippen LogP contribution in [0.5, 0.6) is 5.75 Å². The number of carbonyl (C=O) groups is 1. The number of sulfone groups is 1. The molecule has 174 valence electrons. The van der Waals surface area contributed by atoms with Gasteiger partial charge in [-0.05, 0) is 48.9 Å². The number of rotatable bonds is 7. The van der Waals surface area contributed by atoms with Crippen molar-refractivity contribution in [3.8, 4) is 5.75 Å². The molecule has 1 N–H and O–H groups in total. The van der Waals surface area contributed by atoms with Gasteiger partial charge < -0.3 is 14.6 Å². The zero-order chi connectivity index (χ0) is 24.3. The predicted octanol–water partition coefficient (Wildman–Crippen LogP) is 2.86. The summed E-state index contributed by atoms with van der Waals surface area (Å²) in [6, 6.07) is 18.2. The average molecular weight is 478 g/mol. The van der Waals surface area contributed by atoms with Crippen LogP contribution in [-0.2, 0) is 27.7 Å². The van der Waals surface area contributed by atoms with E-state index in [9.17, 15) is 18.0 Å². The van der Waals surface area contributed by atoms with Gasteiger partial charge in [-0.1, -0.05) is 30.3 Å². The van der Waals surface area contributed by atoms with Crippen LogP contribution < -0.4 is 15.5 Å². The first-order valence-electron chi connectivity index (χ1n) is 10.5. The van der Waals surface area contributed by atoms with Gasteiger partial charge in [-0.3, -0.25) is 9.59 Å². The number of ether oxygens (including phenoxy) is 1. The van der Waals surface area contributed by atoms with Crippen LogP contribution in [0.4, 0.5) is 0 Å². The van der Waals surface area contributed by atoms with Crippen LogP contribution in [0.15, 0.2) is 87.5 Å². The summed E-state index contributed by atoms with van der Waals surface area (Å²) in [7, 11) is -2.52. The highest BCUT2D eigenvalue weighted by Gasteiger charge is 2.24. The molecule has 0 unspecified atom stereocenters. The molecule has 34 heavy (non-hydrogen) atoms. The normalized spacial score (nSPS) is 11.4. The SMILES string of the molecule is COc1ccc(CNC(=O)Cn2cc(S(=O)(=O)c3ccccc3)c(=O)c3ccc(C)nc32)cc1. The van der Waals surface area contributed by atoms with Gasteiger partial charge in [0.15, 0.2) is 0 Å². The topological polar surface area (TPSA) is 107 Å². The lowest BCUT2D eigenvalue weighted by Crippen LogP contribution is -2.29. The summed E-state index contributed by atoms with van der Waals surface area (Å²) < 4.78 is 33.0. The molecule has 0 aliphatic carbocycles. The molecular formula is C25H23N3O5S. The molecule has 0 aliphatic heterocycles. The maximum Gasteiger partial charge on any atom is 0.240 e. The fourth-order valence-corrected chi connectivity index (χ4v) is 4.92. The Hall–Kier alpha value is -3.98. The highest BCUT2D eigenvalue weighted by Crippen LogP contribution is 2.20. The maximum atomic E-state index is 13.2. The summed E-state index contributed by atoms with van der Waals surface area (Å²) in [5.74, 6) is 0.357. The van der Waals surface area contributed by atoms with E-state index in [0.717, 1.165) is 5.56 Å². The van der Waals surface area contributed by atoms with Crippen molar-refractivity contribution in [2.75, 3.05) is 7.11 Å². The first-order chi connectivity index (χ1) is 16.3. The van der Waals surface area contributed by atoms with Gasteiger partial charge in [0.2, 0.25) is 21.2 Å². The molecule has 1 amide bonds. The molecule has 0 spiro atoms. The number of nitrogens with zero attached hydrogens (tertiary/aromatic N) is 2. The van der Waals surface area contributed by atoms with Gasteiger partial charge in [0.1, 0.15) is 22.8 Å². The molecule has 2 aromatic carbocycles. The van der Waals surface area contributed by atoms with E-state index in [0.29, 0.717) is 11.4 Å². The predicted molar refractivity (Wildman–Crippen MR) is 127 cm³/mol. The van der Waals surface area contributed by atoms with E-state index in [-0.39, 0.29) is 34.9 Å². The fourth-order valence-electron chi connectivity index (χ4n) is 3.53. The molecule has 0 radical (unpaired) electrons. The van der Waals surface area contributed by atoms with E-state index in [2.05, 4.69) is 10.3 Å². The second kappa shape index (κ2) is 9.48. The third-order valence-corrected chi connectivity index (χ3v) is 7.10. The summed E-state index contributed by atoms with van der Waals surface area (Å²) in [4.78, 5) is 29.9. The summed E-state index contributed by atoms with van der Waals surface area (Å²) in [6.07, 6.45) is 1.20. The zero-order valence-electron chi connectivity index (χ0n) is 18.7. The number of fused-ring (bicyclic) bond motifs is 1. The first kappa shape index (κ1) is 23.2. The van der Waals surface area contributed by atoms with Gasteiger partial charge in [0.05, 0.1) is 17.4 Å². The number of nitrogens with one attached hydrogen (secondary N) is 1. The summed E-state index contributed by atoms with van der Waals surface area (Å²) >= 11 is 0. The second-order valence-corrected chi connectivity index (χ2v) is 9.63. The maximum absolute atomic E-state index is 13.2. The molecule has 2 heterocycles. The highest BCUT2D eigenvalue weighted by atomic mass is 32.2. The van der Waals surface area contributed by atoms with E-state index in [1.165, 1.54) is 29.0 Å². The number of pyridine rings is 2. The number of amides is 1. The smallest absolute Gasteiger partial charge is 0.240 e. The third-order valence-electron chi connectivity index (χ3n) is 5.33. The molecule has 4 rings (SSSR count). The summed E-state index contributed by atoms with van der Waals surface area (Å²) in [5.41, 5.74) is 1.11. The molecule has 8 nitrogen and oxygen atoms in total. The first-order valence-corrected chi connectivity index (χ1v) is 12.0. The lowest BCUT2D eigenvalue weighted by Gasteiger charge is -2.14. The number of aryl methyl sites for hydroxylation is 1. The zero-order valence-corrected chi connectivity index (χ0v) is 19.5. The van der Waals surface area contributed by atoms with E-state index in [4.69, 9.17) is 4.74 Å². The highest BCUT2D eigenvalue weighted by molar-refractivity contribution is 7.91. The Morgan fingerprint density at radius 1 is 1.03 bits per heavy atom. The van der Waals surface area contributed by atoms with E-state index >= 15 is 0 Å². The summed E-state index contributed by atoms with van der Waals surface area (Å²) in [5, 5.41) is 2.94. The second-order valence-electron chi connectivity index (χ2n) is 7.72. The van der Waals surface area contributed by atoms with Crippen LogP contribution >= 0.6 is 0 Å². The largest absolute Gasteiger partial charge is 0.497 e. The van der Waals surface area contributed by atoms with Crippen molar-refractivity contribution in [2.45, 2.75) is 29.8 Å². The Bertz CT molecular complexity index is 1510. The Balaban J connectivity index is 1.69. The number of methoxy groups -OCH3 is 1. The van der Waals surface area contributed by atoms with Gasteiger partial charge in [-0.15, -0.1) is 0 Å². The molecule has 0 bridgehead atoms. The Morgan fingerprint density at radius 3 is 2.41 bits per heavy atom. The van der Waals surface area contributed by atoms with E-state index < -0.39 is 20.2 Å². The fraction of sp³-hybridized carbons (Fsp3) is 0.160. The van der Waals surface area contributed by atoms with Crippen molar-refractivity contribution in [3.63, 3.8) is 0 Å². The van der Waals surface area contributed by atoms with Crippen molar-refractivity contribution in [1.29, 1.82) is 0 Å². The molecule has 0 atom stereocenters. The molecule has 0 fully saturated rings. The Kier molecular flexibility index (Phi) is 6.47. The van der Waals surface area contributed by atoms with Crippen LogP contribution in [0.25, 0.3) is 11.0 Å². The van der Waals surface area contributed by atoms with E-state index in [1.54, 1.807) is 50.4 Å². The Labute approximate surface area is 196 Å². The Morgan fingerprint density at radius 2 is 1.74 bits per heavy atom. The van der Waals surface area contributed by atoms with Crippen molar-refractivity contribution in [3.05, 3.63) is 94.4 Å². The number of benzene rings is 2. The van der Waals surface area contributed by atoms with Gasteiger partial charge >= 0.3 is 0 Å². The third kappa shape index (κ3) is 4.69. The van der Waals surface area contributed by atoms with Crippen LogP contribution in [0, 0.1) is 6.92 Å². The standard InChI is InChI=1S/C25H23N3O5S/c1-17-8-13-21-24(30)22(34(31,32)20-6-4-3-5-7-20)15-28(25(21)27-17)16-23(29)26-14-18-9-11-19(33-2)12-10-18/h3-13,15H,14,16H2,1-2H3,(H,26,29). The molecule has 2 aromatic heterocycles. The van der Waals surface area contributed by atoms with Gasteiger partial charge in [-0.2, -0.15) is 0 Å². The van der Waals surface area contributed by atoms with Crippen LogP contribution in [0.1, 0.15) is 11.3 Å². The van der Waals surface area contributed by atoms with Crippen molar-refractivity contribution < 1.29 is 17.9 Å². The molecular weight excluding hydrogens is 454 g/mol. The van der Waals surface area contributed by atoms with Crippen LogP contribution in [0.3, 0.4) is 0 Å². The van der Waals surface area contributed by atoms with Crippen molar-refractivity contribution >= 4 is 26.8 Å². The quantitative estimate of drug-likeness (QED) is 0.439. The van der Waals surface area contributed by atoms with Crippen molar-refractivity contribution in [2.24, 2.45) is 0 Å². The molecule has 0 saturated carbocycles. The van der Waals surface area contributed by atoms with E-state index in [1.807, 2.05) is 12.1 Å². The number of hydrogen-bond acceptors (Lipinski definition) is 6. The lowest BCUT2D eigenvalue weighted by atomic mass is 10.2. The molecule has 9 heteroatoms. The summed E-state index contributed by atoms with van der Waals surface area (Å²) in [6.45, 7) is 1.83. The monoisotopic (exact) mass is 477 g/mol. The van der Waals surface area contributed by atoms with Gasteiger partial charge in [0, 0.05) is 18.4 Å². The van der Waals surface area contributed by atoms with Crippen LogP contribution in [0.2, 0.25) is 0 Å². The minimum absolute atomic E-state index is 0.00188. The minimum Gasteiger partial charge on any atom is -0.497 e. The average Bonchev–Trinajstić information content (AvgIpc) is 2.85.